The molecule has 0 atom stereocenters. The number of hydrogen-bond donors (Lipinski definition) is 0. The molecule has 0 N–H and O–H groups in total. The third-order valence-electron chi connectivity index (χ3n) is 5.44. The molecule has 0 heterocycles. The molecule has 0 radical (unpaired) electrons. The zero-order valence-corrected chi connectivity index (χ0v) is 14.6. The van der Waals surface area contributed by atoms with Crippen molar-refractivity contribution in [2.75, 3.05) is 0 Å². The monoisotopic (exact) mass is 310 g/mol. The summed E-state index contributed by atoms with van der Waals surface area (Å²) >= 11 is 0. The van der Waals surface area contributed by atoms with Gasteiger partial charge in [0, 0.05) is 5.41 Å². The standard InChI is InChI=1S/C24H22/c1-5-22-16(2)20-11-8-12-21(23(20)24(22,3)4)19-14-13-17-9-6-7-10-18(17)15-19/h5-15H,1H2,2-4H3. The Kier molecular flexibility index (Phi) is 3.25. The molecule has 0 fully saturated rings. The van der Waals surface area contributed by atoms with E-state index in [4.69, 9.17) is 0 Å². The van der Waals surface area contributed by atoms with E-state index in [-0.39, 0.29) is 5.41 Å². The Morgan fingerprint density at radius 3 is 2.29 bits per heavy atom. The van der Waals surface area contributed by atoms with Gasteiger partial charge in [0.05, 0.1) is 0 Å². The zero-order valence-electron chi connectivity index (χ0n) is 14.6. The van der Waals surface area contributed by atoms with Crippen LogP contribution in [0.5, 0.6) is 0 Å². The summed E-state index contributed by atoms with van der Waals surface area (Å²) in [5.41, 5.74) is 8.09. The average molecular weight is 310 g/mol. The van der Waals surface area contributed by atoms with Crippen LogP contribution in [0.1, 0.15) is 31.9 Å². The van der Waals surface area contributed by atoms with Gasteiger partial charge < -0.3 is 0 Å². The molecular formula is C24H22. The highest BCUT2D eigenvalue weighted by Crippen LogP contribution is 2.50. The van der Waals surface area contributed by atoms with Gasteiger partial charge in [0.25, 0.3) is 0 Å². The van der Waals surface area contributed by atoms with Gasteiger partial charge in [-0.25, -0.2) is 0 Å². The molecule has 0 unspecified atom stereocenters. The maximum atomic E-state index is 4.06. The van der Waals surface area contributed by atoms with E-state index >= 15 is 0 Å². The lowest BCUT2D eigenvalue weighted by molar-refractivity contribution is 0.656. The van der Waals surface area contributed by atoms with Crippen molar-refractivity contribution in [3.63, 3.8) is 0 Å². The van der Waals surface area contributed by atoms with Crippen molar-refractivity contribution in [2.24, 2.45) is 0 Å². The second-order valence-corrected chi connectivity index (χ2v) is 7.16. The summed E-state index contributed by atoms with van der Waals surface area (Å²) in [7, 11) is 0. The first-order valence-corrected chi connectivity index (χ1v) is 8.51. The van der Waals surface area contributed by atoms with E-state index in [2.05, 4.69) is 88.0 Å². The number of rotatable bonds is 2. The van der Waals surface area contributed by atoms with Gasteiger partial charge in [-0.3, -0.25) is 0 Å². The van der Waals surface area contributed by atoms with Crippen molar-refractivity contribution in [1.82, 2.24) is 0 Å². The third-order valence-corrected chi connectivity index (χ3v) is 5.44. The van der Waals surface area contributed by atoms with Gasteiger partial charge in [0.15, 0.2) is 0 Å². The van der Waals surface area contributed by atoms with Gasteiger partial charge in [-0.2, -0.15) is 0 Å². The van der Waals surface area contributed by atoms with Crippen LogP contribution in [0.25, 0.3) is 27.5 Å². The predicted molar refractivity (Wildman–Crippen MR) is 105 cm³/mol. The van der Waals surface area contributed by atoms with Crippen molar-refractivity contribution >= 4 is 16.3 Å². The van der Waals surface area contributed by atoms with E-state index in [1.54, 1.807) is 0 Å². The molecule has 118 valence electrons. The second kappa shape index (κ2) is 5.21. The molecule has 3 aromatic rings. The third kappa shape index (κ3) is 1.99. The Labute approximate surface area is 144 Å². The maximum absolute atomic E-state index is 4.06. The minimum atomic E-state index is -0.0105. The zero-order chi connectivity index (χ0) is 16.9. The first kappa shape index (κ1) is 15.0. The Bertz CT molecular complexity index is 999. The molecule has 0 aromatic heterocycles. The molecule has 3 aromatic carbocycles. The lowest BCUT2D eigenvalue weighted by Gasteiger charge is -2.26. The molecule has 0 aliphatic heterocycles. The molecule has 24 heavy (non-hydrogen) atoms. The van der Waals surface area contributed by atoms with Crippen LogP contribution < -0.4 is 0 Å². The minimum absolute atomic E-state index is 0.0105. The quantitative estimate of drug-likeness (QED) is 0.490. The maximum Gasteiger partial charge on any atom is 0.0161 e. The molecule has 0 heteroatoms. The number of hydrogen-bond acceptors (Lipinski definition) is 0. The van der Waals surface area contributed by atoms with Crippen molar-refractivity contribution in [3.05, 3.63) is 90.0 Å². The van der Waals surface area contributed by atoms with Gasteiger partial charge in [-0.15, -0.1) is 0 Å². The fourth-order valence-corrected chi connectivity index (χ4v) is 4.29. The van der Waals surface area contributed by atoms with Gasteiger partial charge in [0.1, 0.15) is 0 Å². The molecule has 0 amide bonds. The number of benzene rings is 3. The summed E-state index contributed by atoms with van der Waals surface area (Å²) in [4.78, 5) is 0. The van der Waals surface area contributed by atoms with Crippen molar-refractivity contribution in [3.8, 4) is 11.1 Å². The van der Waals surface area contributed by atoms with Crippen molar-refractivity contribution in [2.45, 2.75) is 26.2 Å². The van der Waals surface area contributed by atoms with Gasteiger partial charge in [-0.1, -0.05) is 81.1 Å². The van der Waals surface area contributed by atoms with E-state index in [0.717, 1.165) is 0 Å². The minimum Gasteiger partial charge on any atom is -0.0987 e. The van der Waals surface area contributed by atoms with Crippen LogP contribution in [-0.2, 0) is 5.41 Å². The number of allylic oxidation sites excluding steroid dienone is 3. The summed E-state index contributed by atoms with van der Waals surface area (Å²) in [6.07, 6.45) is 2.03. The van der Waals surface area contributed by atoms with E-state index in [1.807, 2.05) is 6.08 Å². The van der Waals surface area contributed by atoms with Crippen LogP contribution in [0.2, 0.25) is 0 Å². The fourth-order valence-electron chi connectivity index (χ4n) is 4.29. The van der Waals surface area contributed by atoms with Gasteiger partial charge in [-0.05, 0) is 57.2 Å². The SMILES string of the molecule is C=CC1=C(C)c2cccc(-c3ccc4ccccc4c3)c2C1(C)C. The molecule has 1 aliphatic carbocycles. The molecule has 0 saturated heterocycles. The molecule has 0 spiro atoms. The fraction of sp³-hybridized carbons (Fsp3) is 0.167. The number of fused-ring (bicyclic) bond motifs is 2. The average Bonchev–Trinajstić information content (AvgIpc) is 2.80. The molecule has 0 bridgehead atoms. The highest BCUT2D eigenvalue weighted by Gasteiger charge is 2.36. The summed E-state index contributed by atoms with van der Waals surface area (Å²) < 4.78 is 0. The Balaban J connectivity index is 1.98. The predicted octanol–water partition coefficient (Wildman–Crippen LogP) is 6.76. The van der Waals surface area contributed by atoms with E-state index in [9.17, 15) is 0 Å². The molecule has 0 nitrogen and oxygen atoms in total. The lowest BCUT2D eigenvalue weighted by Crippen LogP contribution is -2.17. The van der Waals surface area contributed by atoms with Crippen LogP contribution in [0.15, 0.2) is 78.9 Å². The molecular weight excluding hydrogens is 288 g/mol. The van der Waals surface area contributed by atoms with Crippen LogP contribution >= 0.6 is 0 Å². The highest BCUT2D eigenvalue weighted by atomic mass is 14.4. The van der Waals surface area contributed by atoms with E-state index in [1.165, 1.54) is 44.2 Å². The normalized spacial score (nSPS) is 15.6. The van der Waals surface area contributed by atoms with Gasteiger partial charge >= 0.3 is 0 Å². The second-order valence-electron chi connectivity index (χ2n) is 7.16. The topological polar surface area (TPSA) is 0 Å². The largest absolute Gasteiger partial charge is 0.0987 e. The summed E-state index contributed by atoms with van der Waals surface area (Å²) in [6, 6.07) is 22.0. The van der Waals surface area contributed by atoms with Crippen molar-refractivity contribution in [1.29, 1.82) is 0 Å². The first-order chi connectivity index (χ1) is 11.5. The van der Waals surface area contributed by atoms with Crippen molar-refractivity contribution < 1.29 is 0 Å². The smallest absolute Gasteiger partial charge is 0.0161 e. The summed E-state index contributed by atoms with van der Waals surface area (Å²) in [5.74, 6) is 0. The summed E-state index contributed by atoms with van der Waals surface area (Å²) in [5, 5.41) is 2.58. The Hall–Kier alpha value is -2.60. The molecule has 4 rings (SSSR count). The lowest BCUT2D eigenvalue weighted by atomic mass is 9.77. The Morgan fingerprint density at radius 1 is 0.833 bits per heavy atom. The van der Waals surface area contributed by atoms with Crippen LogP contribution in [0.3, 0.4) is 0 Å². The first-order valence-electron chi connectivity index (χ1n) is 8.51. The van der Waals surface area contributed by atoms with Crippen LogP contribution in [-0.4, -0.2) is 0 Å². The molecule has 0 saturated carbocycles. The van der Waals surface area contributed by atoms with Crippen LogP contribution in [0.4, 0.5) is 0 Å². The van der Waals surface area contributed by atoms with Crippen LogP contribution in [0, 0.1) is 0 Å². The van der Waals surface area contributed by atoms with E-state index in [0.29, 0.717) is 0 Å². The molecule has 1 aliphatic rings. The van der Waals surface area contributed by atoms with Gasteiger partial charge in [0.2, 0.25) is 0 Å². The Morgan fingerprint density at radius 2 is 1.54 bits per heavy atom. The highest BCUT2D eigenvalue weighted by molar-refractivity contribution is 5.91. The summed E-state index contributed by atoms with van der Waals surface area (Å²) in [6.45, 7) is 10.9. The van der Waals surface area contributed by atoms with E-state index < -0.39 is 0 Å².